The summed E-state index contributed by atoms with van der Waals surface area (Å²) in [5.41, 5.74) is 0.356. The van der Waals surface area contributed by atoms with E-state index in [1.807, 2.05) is 44.3 Å². The lowest BCUT2D eigenvalue weighted by Crippen LogP contribution is -2.41. The maximum absolute atomic E-state index is 9.72. The van der Waals surface area contributed by atoms with Crippen molar-refractivity contribution >= 4 is 11.8 Å². The maximum Gasteiger partial charge on any atom is 0.185 e. The van der Waals surface area contributed by atoms with Crippen LogP contribution < -0.4 is 5.32 Å². The first-order chi connectivity index (χ1) is 10.2. The Hall–Kier alpha value is -1.84. The van der Waals surface area contributed by atoms with E-state index in [-0.39, 0.29) is 0 Å². The van der Waals surface area contributed by atoms with Crippen LogP contribution in [0.25, 0.3) is 0 Å². The zero-order valence-electron chi connectivity index (χ0n) is 12.3. The third-order valence-corrected chi connectivity index (χ3v) is 4.35. The predicted octanol–water partition coefficient (Wildman–Crippen LogP) is 2.33. The van der Waals surface area contributed by atoms with Gasteiger partial charge in [-0.3, -0.25) is 5.32 Å². The van der Waals surface area contributed by atoms with Gasteiger partial charge in [-0.1, -0.05) is 49.0 Å². The van der Waals surface area contributed by atoms with Crippen molar-refractivity contribution in [2.24, 2.45) is 7.05 Å². The molecule has 0 saturated heterocycles. The molecule has 0 bridgehead atoms. The molecule has 2 rings (SSSR count). The van der Waals surface area contributed by atoms with Crippen molar-refractivity contribution in [3.8, 4) is 6.07 Å². The minimum atomic E-state index is -0.651. The molecule has 5 nitrogen and oxygen atoms in total. The lowest BCUT2D eigenvalue weighted by atomic mass is 9.88. The van der Waals surface area contributed by atoms with E-state index >= 15 is 0 Å². The summed E-state index contributed by atoms with van der Waals surface area (Å²) in [6, 6.07) is 12.4. The van der Waals surface area contributed by atoms with Crippen molar-refractivity contribution in [2.45, 2.75) is 24.0 Å². The van der Waals surface area contributed by atoms with Gasteiger partial charge in [0, 0.05) is 12.8 Å². The zero-order valence-corrected chi connectivity index (χ0v) is 13.1. The molecule has 1 N–H and O–H groups in total. The van der Waals surface area contributed by atoms with Crippen molar-refractivity contribution in [2.75, 3.05) is 12.3 Å². The number of nitriles is 1. The highest BCUT2D eigenvalue weighted by Gasteiger charge is 2.30. The molecule has 0 saturated carbocycles. The van der Waals surface area contributed by atoms with Gasteiger partial charge < -0.3 is 0 Å². The summed E-state index contributed by atoms with van der Waals surface area (Å²) in [7, 11) is 1.87. The van der Waals surface area contributed by atoms with Crippen LogP contribution in [-0.4, -0.2) is 27.1 Å². The molecular formula is C15H19N5S. The topological polar surface area (TPSA) is 66.5 Å². The first-order valence-electron chi connectivity index (χ1n) is 6.90. The van der Waals surface area contributed by atoms with Gasteiger partial charge in [-0.25, -0.2) is 9.67 Å². The van der Waals surface area contributed by atoms with E-state index in [0.717, 1.165) is 23.0 Å². The van der Waals surface area contributed by atoms with Gasteiger partial charge in [-0.2, -0.15) is 10.4 Å². The lowest BCUT2D eigenvalue weighted by molar-refractivity contribution is 0.428. The monoisotopic (exact) mass is 301 g/mol. The Morgan fingerprint density at radius 1 is 1.38 bits per heavy atom. The van der Waals surface area contributed by atoms with Crippen molar-refractivity contribution in [3.63, 3.8) is 0 Å². The zero-order chi connectivity index (χ0) is 15.1. The van der Waals surface area contributed by atoms with Gasteiger partial charge >= 0.3 is 0 Å². The summed E-state index contributed by atoms with van der Waals surface area (Å²) in [6.07, 6.45) is 2.25. The van der Waals surface area contributed by atoms with Crippen LogP contribution in [0.4, 0.5) is 0 Å². The summed E-state index contributed by atoms with van der Waals surface area (Å²) >= 11 is 1.61. The highest BCUT2D eigenvalue weighted by molar-refractivity contribution is 7.99. The minimum absolute atomic E-state index is 0.651. The van der Waals surface area contributed by atoms with Gasteiger partial charge in [0.15, 0.2) is 5.16 Å². The van der Waals surface area contributed by atoms with Crippen LogP contribution in [0.15, 0.2) is 41.8 Å². The third-order valence-electron chi connectivity index (χ3n) is 3.31. The highest BCUT2D eigenvalue weighted by atomic mass is 32.2. The molecule has 1 heterocycles. The molecule has 1 aromatic heterocycles. The van der Waals surface area contributed by atoms with Crippen molar-refractivity contribution in [1.29, 1.82) is 5.26 Å². The number of nitrogens with one attached hydrogen (secondary N) is 1. The molecule has 0 radical (unpaired) electrons. The van der Waals surface area contributed by atoms with Gasteiger partial charge in [0.05, 0.1) is 6.07 Å². The summed E-state index contributed by atoms with van der Waals surface area (Å²) in [4.78, 5) is 4.19. The Bertz CT molecular complexity index is 604. The molecule has 2 aromatic rings. The Balaban J connectivity index is 2.10. The van der Waals surface area contributed by atoms with E-state index in [1.54, 1.807) is 22.8 Å². The number of hydrogen-bond donors (Lipinski definition) is 1. The van der Waals surface area contributed by atoms with E-state index in [2.05, 4.69) is 21.5 Å². The fourth-order valence-corrected chi connectivity index (χ4v) is 3.18. The van der Waals surface area contributed by atoms with Crippen LogP contribution in [0.2, 0.25) is 0 Å². The molecule has 0 spiro atoms. The second-order valence-corrected chi connectivity index (χ2v) is 5.74. The molecule has 0 aliphatic carbocycles. The standard InChI is InChI=1S/C15H19N5S/c1-3-18-15(11-16,13-7-5-4-6-8-13)9-10-21-14-17-12-19-20(14)2/h4-8,12,18H,3,9-10H2,1-2H3. The Morgan fingerprint density at radius 3 is 2.71 bits per heavy atom. The summed E-state index contributed by atoms with van der Waals surface area (Å²) in [5.74, 6) is 0.794. The molecule has 1 aromatic carbocycles. The molecular weight excluding hydrogens is 282 g/mol. The number of thioether (sulfide) groups is 1. The van der Waals surface area contributed by atoms with Crippen LogP contribution in [-0.2, 0) is 12.6 Å². The highest BCUT2D eigenvalue weighted by Crippen LogP contribution is 2.27. The summed E-state index contributed by atoms with van der Waals surface area (Å²) < 4.78 is 1.74. The first-order valence-corrected chi connectivity index (χ1v) is 7.89. The van der Waals surface area contributed by atoms with Crippen LogP contribution in [0.3, 0.4) is 0 Å². The molecule has 1 atom stereocenters. The number of aryl methyl sites for hydroxylation is 1. The smallest absolute Gasteiger partial charge is 0.185 e. The Morgan fingerprint density at radius 2 is 2.14 bits per heavy atom. The number of hydrogen-bond acceptors (Lipinski definition) is 5. The van der Waals surface area contributed by atoms with E-state index in [9.17, 15) is 5.26 Å². The minimum Gasteiger partial charge on any atom is -0.296 e. The molecule has 0 aliphatic rings. The van der Waals surface area contributed by atoms with Gasteiger partial charge in [0.2, 0.25) is 0 Å². The quantitative estimate of drug-likeness (QED) is 0.795. The van der Waals surface area contributed by atoms with Crippen LogP contribution in [0.1, 0.15) is 18.9 Å². The van der Waals surface area contributed by atoms with Crippen molar-refractivity contribution in [1.82, 2.24) is 20.1 Å². The predicted molar refractivity (Wildman–Crippen MR) is 83.8 cm³/mol. The lowest BCUT2D eigenvalue weighted by Gasteiger charge is -2.28. The molecule has 110 valence electrons. The Kier molecular flexibility index (Phi) is 5.37. The second kappa shape index (κ2) is 7.25. The fourth-order valence-electron chi connectivity index (χ4n) is 2.23. The average molecular weight is 301 g/mol. The summed E-state index contributed by atoms with van der Waals surface area (Å²) in [6.45, 7) is 2.77. The molecule has 6 heteroatoms. The van der Waals surface area contributed by atoms with Gasteiger partial charge in [-0.15, -0.1) is 0 Å². The third kappa shape index (κ3) is 3.63. The van der Waals surface area contributed by atoms with Crippen LogP contribution in [0.5, 0.6) is 0 Å². The normalized spacial score (nSPS) is 13.6. The average Bonchev–Trinajstić information content (AvgIpc) is 2.92. The molecule has 1 unspecified atom stereocenters. The molecule has 21 heavy (non-hydrogen) atoms. The molecule has 0 amide bonds. The van der Waals surface area contributed by atoms with Crippen molar-refractivity contribution in [3.05, 3.63) is 42.2 Å². The maximum atomic E-state index is 9.72. The van der Waals surface area contributed by atoms with E-state index in [1.165, 1.54) is 0 Å². The Labute approximate surface area is 129 Å². The van der Waals surface area contributed by atoms with E-state index in [4.69, 9.17) is 0 Å². The van der Waals surface area contributed by atoms with Gasteiger partial charge in [-0.05, 0) is 18.5 Å². The first kappa shape index (κ1) is 15.5. The van der Waals surface area contributed by atoms with E-state index in [0.29, 0.717) is 6.42 Å². The van der Waals surface area contributed by atoms with Crippen LogP contribution >= 0.6 is 11.8 Å². The number of aromatic nitrogens is 3. The molecule has 0 aliphatic heterocycles. The molecule has 0 fully saturated rings. The summed E-state index contributed by atoms with van der Waals surface area (Å²) in [5, 5.41) is 18.0. The van der Waals surface area contributed by atoms with Crippen molar-refractivity contribution < 1.29 is 0 Å². The van der Waals surface area contributed by atoms with Gasteiger partial charge in [0.1, 0.15) is 11.9 Å². The SMILES string of the molecule is CCNC(C#N)(CCSc1ncnn1C)c1ccccc1. The van der Waals surface area contributed by atoms with E-state index < -0.39 is 5.54 Å². The number of nitrogens with zero attached hydrogens (tertiary/aromatic N) is 4. The second-order valence-electron chi connectivity index (χ2n) is 4.68. The van der Waals surface area contributed by atoms with Gasteiger partial charge in [0.25, 0.3) is 0 Å². The largest absolute Gasteiger partial charge is 0.296 e. The number of rotatable bonds is 7. The van der Waals surface area contributed by atoms with Crippen LogP contribution in [0, 0.1) is 11.3 Å². The fraction of sp³-hybridized carbons (Fsp3) is 0.400. The number of benzene rings is 1.